The second kappa shape index (κ2) is 5.21. The Kier molecular flexibility index (Phi) is 3.43. The number of anilines is 1. The predicted octanol–water partition coefficient (Wildman–Crippen LogP) is 2.42. The highest BCUT2D eigenvalue weighted by Gasteiger charge is 2.01. The number of benzene rings is 1. The molecular formula is C12H15N3O. The van der Waals surface area contributed by atoms with Gasteiger partial charge in [0.15, 0.2) is 0 Å². The van der Waals surface area contributed by atoms with Gasteiger partial charge in [-0.05, 0) is 13.0 Å². The van der Waals surface area contributed by atoms with Crippen LogP contribution in [0.5, 0.6) is 5.75 Å². The van der Waals surface area contributed by atoms with Crippen molar-refractivity contribution in [2.45, 2.75) is 13.5 Å². The van der Waals surface area contributed by atoms with E-state index < -0.39 is 0 Å². The molecule has 0 spiro atoms. The maximum atomic E-state index is 5.54. The smallest absolute Gasteiger partial charge is 0.124 e. The number of ether oxygens (including phenoxy) is 1. The SMILES string of the molecule is CCOc1ccccc1CNc1cn[nH]c1. The number of hydrogen-bond donors (Lipinski definition) is 2. The highest BCUT2D eigenvalue weighted by molar-refractivity contribution is 5.41. The van der Waals surface area contributed by atoms with Gasteiger partial charge < -0.3 is 10.1 Å². The summed E-state index contributed by atoms with van der Waals surface area (Å²) in [6.45, 7) is 3.40. The third kappa shape index (κ3) is 2.53. The van der Waals surface area contributed by atoms with Crippen LogP contribution in [0.4, 0.5) is 5.69 Å². The van der Waals surface area contributed by atoms with Gasteiger partial charge in [-0.15, -0.1) is 0 Å². The lowest BCUT2D eigenvalue weighted by atomic mass is 10.2. The second-order valence-electron chi connectivity index (χ2n) is 3.38. The molecule has 2 rings (SSSR count). The lowest BCUT2D eigenvalue weighted by Gasteiger charge is -2.10. The first kappa shape index (κ1) is 10.5. The first-order valence-corrected chi connectivity index (χ1v) is 5.33. The Morgan fingerprint density at radius 2 is 2.25 bits per heavy atom. The van der Waals surface area contributed by atoms with Crippen LogP contribution in [0.1, 0.15) is 12.5 Å². The summed E-state index contributed by atoms with van der Waals surface area (Å²) in [4.78, 5) is 0. The van der Waals surface area contributed by atoms with Crippen LogP contribution in [0.15, 0.2) is 36.7 Å². The van der Waals surface area contributed by atoms with E-state index in [1.54, 1.807) is 6.20 Å². The fourth-order valence-electron chi connectivity index (χ4n) is 1.49. The molecule has 2 aromatic rings. The number of aromatic amines is 1. The number of nitrogens with one attached hydrogen (secondary N) is 2. The molecule has 0 unspecified atom stereocenters. The Bertz CT molecular complexity index is 426. The molecule has 1 heterocycles. The fraction of sp³-hybridized carbons (Fsp3) is 0.250. The molecule has 0 aliphatic rings. The van der Waals surface area contributed by atoms with Gasteiger partial charge in [0.05, 0.1) is 18.5 Å². The number of nitrogens with zero attached hydrogens (tertiary/aromatic N) is 1. The zero-order valence-corrected chi connectivity index (χ0v) is 9.23. The normalized spacial score (nSPS) is 10.1. The summed E-state index contributed by atoms with van der Waals surface area (Å²) < 4.78 is 5.54. The molecule has 84 valence electrons. The summed E-state index contributed by atoms with van der Waals surface area (Å²) >= 11 is 0. The minimum absolute atomic E-state index is 0.683. The van der Waals surface area contributed by atoms with E-state index in [0.717, 1.165) is 23.5 Å². The molecule has 4 heteroatoms. The van der Waals surface area contributed by atoms with Crippen LogP contribution in [-0.4, -0.2) is 16.8 Å². The van der Waals surface area contributed by atoms with Gasteiger partial charge >= 0.3 is 0 Å². The quantitative estimate of drug-likeness (QED) is 0.808. The van der Waals surface area contributed by atoms with Crippen LogP contribution < -0.4 is 10.1 Å². The van der Waals surface area contributed by atoms with E-state index in [4.69, 9.17) is 4.74 Å². The van der Waals surface area contributed by atoms with Gasteiger partial charge in [-0.2, -0.15) is 5.10 Å². The topological polar surface area (TPSA) is 49.9 Å². The summed E-state index contributed by atoms with van der Waals surface area (Å²) in [7, 11) is 0. The van der Waals surface area contributed by atoms with Gasteiger partial charge in [-0.25, -0.2) is 0 Å². The second-order valence-corrected chi connectivity index (χ2v) is 3.38. The summed E-state index contributed by atoms with van der Waals surface area (Å²) in [6, 6.07) is 8.02. The van der Waals surface area contributed by atoms with E-state index in [1.165, 1.54) is 0 Å². The van der Waals surface area contributed by atoms with Crippen molar-refractivity contribution in [2.75, 3.05) is 11.9 Å². The van der Waals surface area contributed by atoms with Crippen LogP contribution in [0.3, 0.4) is 0 Å². The van der Waals surface area contributed by atoms with Crippen molar-refractivity contribution in [2.24, 2.45) is 0 Å². The summed E-state index contributed by atoms with van der Waals surface area (Å²) in [5.74, 6) is 0.931. The Hall–Kier alpha value is -1.97. The van der Waals surface area contributed by atoms with Gasteiger partial charge in [-0.1, -0.05) is 18.2 Å². The lowest BCUT2D eigenvalue weighted by molar-refractivity contribution is 0.337. The van der Waals surface area contributed by atoms with Crippen LogP contribution in [-0.2, 0) is 6.54 Å². The third-order valence-corrected chi connectivity index (χ3v) is 2.25. The van der Waals surface area contributed by atoms with E-state index >= 15 is 0 Å². The minimum Gasteiger partial charge on any atom is -0.494 e. The van der Waals surface area contributed by atoms with Crippen molar-refractivity contribution >= 4 is 5.69 Å². The maximum absolute atomic E-state index is 5.54. The zero-order chi connectivity index (χ0) is 11.2. The van der Waals surface area contributed by atoms with E-state index in [2.05, 4.69) is 21.6 Å². The zero-order valence-electron chi connectivity index (χ0n) is 9.23. The summed E-state index contributed by atoms with van der Waals surface area (Å²) in [5, 5.41) is 9.90. The molecule has 1 aromatic carbocycles. The molecule has 0 atom stereocenters. The number of rotatable bonds is 5. The lowest BCUT2D eigenvalue weighted by Crippen LogP contribution is -2.02. The molecule has 0 aliphatic carbocycles. The van der Waals surface area contributed by atoms with Gasteiger partial charge in [0, 0.05) is 18.3 Å². The molecule has 0 radical (unpaired) electrons. The molecule has 0 amide bonds. The molecule has 0 bridgehead atoms. The summed E-state index contributed by atoms with van der Waals surface area (Å²) in [6.07, 6.45) is 3.58. The Morgan fingerprint density at radius 3 is 3.00 bits per heavy atom. The maximum Gasteiger partial charge on any atom is 0.124 e. The van der Waals surface area contributed by atoms with Crippen molar-refractivity contribution in [3.63, 3.8) is 0 Å². The Labute approximate surface area is 94.6 Å². The number of H-pyrrole nitrogens is 1. The van der Waals surface area contributed by atoms with Crippen LogP contribution >= 0.6 is 0 Å². The average Bonchev–Trinajstić information content (AvgIpc) is 2.81. The molecule has 2 N–H and O–H groups in total. The third-order valence-electron chi connectivity index (χ3n) is 2.25. The number of para-hydroxylation sites is 1. The molecule has 1 aromatic heterocycles. The van der Waals surface area contributed by atoms with E-state index in [1.807, 2.05) is 31.3 Å². The molecule has 16 heavy (non-hydrogen) atoms. The van der Waals surface area contributed by atoms with Crippen molar-refractivity contribution in [1.29, 1.82) is 0 Å². The van der Waals surface area contributed by atoms with Gasteiger partial charge in [0.2, 0.25) is 0 Å². The first-order chi connectivity index (χ1) is 7.90. The van der Waals surface area contributed by atoms with Gasteiger partial charge in [0.25, 0.3) is 0 Å². The fourth-order valence-corrected chi connectivity index (χ4v) is 1.49. The molecule has 4 nitrogen and oxygen atoms in total. The Balaban J connectivity index is 2.03. The molecule has 0 saturated carbocycles. The highest BCUT2D eigenvalue weighted by atomic mass is 16.5. The predicted molar refractivity (Wildman–Crippen MR) is 63.5 cm³/mol. The average molecular weight is 217 g/mol. The number of aromatic nitrogens is 2. The van der Waals surface area contributed by atoms with Crippen LogP contribution in [0.2, 0.25) is 0 Å². The highest BCUT2D eigenvalue weighted by Crippen LogP contribution is 2.19. The molecule has 0 fully saturated rings. The van der Waals surface area contributed by atoms with Gasteiger partial charge in [0.1, 0.15) is 5.75 Å². The monoisotopic (exact) mass is 217 g/mol. The van der Waals surface area contributed by atoms with Crippen molar-refractivity contribution in [3.05, 3.63) is 42.2 Å². The molecular weight excluding hydrogens is 202 g/mol. The van der Waals surface area contributed by atoms with Crippen molar-refractivity contribution in [3.8, 4) is 5.75 Å². The number of hydrogen-bond acceptors (Lipinski definition) is 3. The van der Waals surface area contributed by atoms with E-state index in [9.17, 15) is 0 Å². The van der Waals surface area contributed by atoms with E-state index in [0.29, 0.717) is 6.61 Å². The van der Waals surface area contributed by atoms with Crippen LogP contribution in [0, 0.1) is 0 Å². The Morgan fingerprint density at radius 1 is 1.38 bits per heavy atom. The van der Waals surface area contributed by atoms with Crippen molar-refractivity contribution < 1.29 is 4.74 Å². The molecule has 0 saturated heterocycles. The summed E-state index contributed by atoms with van der Waals surface area (Å²) in [5.41, 5.74) is 2.12. The molecule has 0 aliphatic heterocycles. The van der Waals surface area contributed by atoms with Crippen molar-refractivity contribution in [1.82, 2.24) is 10.2 Å². The standard InChI is InChI=1S/C12H15N3O/c1-2-16-12-6-4-3-5-10(12)7-13-11-8-14-15-9-11/h3-6,8-9,13H,2,7H2,1H3,(H,14,15). The van der Waals surface area contributed by atoms with E-state index in [-0.39, 0.29) is 0 Å². The minimum atomic E-state index is 0.683. The van der Waals surface area contributed by atoms with Crippen LogP contribution in [0.25, 0.3) is 0 Å². The first-order valence-electron chi connectivity index (χ1n) is 5.33. The van der Waals surface area contributed by atoms with Gasteiger partial charge in [-0.3, -0.25) is 5.10 Å². The largest absolute Gasteiger partial charge is 0.494 e.